The van der Waals surface area contributed by atoms with Crippen LogP contribution in [0.15, 0.2) is 199 Å². The topological polar surface area (TPSA) is 13.1 Å². The molecule has 0 unspecified atom stereocenters. The van der Waals surface area contributed by atoms with Crippen molar-refractivity contribution in [3.63, 3.8) is 0 Å². The summed E-state index contributed by atoms with van der Waals surface area (Å²) in [6.07, 6.45) is 0. The molecule has 0 atom stereocenters. The highest BCUT2D eigenvalue weighted by molar-refractivity contribution is 6.22. The Morgan fingerprint density at radius 1 is 0.255 bits per heavy atom. The molecule has 0 saturated carbocycles. The van der Waals surface area contributed by atoms with E-state index in [2.05, 4.69) is 188 Å². The molecule has 0 N–H and O–H groups in total. The molecule has 1 heteroatoms. The van der Waals surface area contributed by atoms with Crippen LogP contribution in [-0.4, -0.2) is 0 Å². The van der Waals surface area contributed by atoms with Crippen LogP contribution in [-0.2, 0) is 0 Å². The van der Waals surface area contributed by atoms with Crippen LogP contribution in [0.3, 0.4) is 0 Å². The van der Waals surface area contributed by atoms with Crippen LogP contribution in [0.4, 0.5) is 0 Å². The van der Waals surface area contributed by atoms with E-state index in [4.69, 9.17) is 4.42 Å². The first-order valence-electron chi connectivity index (χ1n) is 17.5. The molecule has 238 valence electrons. The summed E-state index contributed by atoms with van der Waals surface area (Å²) in [5, 5.41) is 7.30. The van der Waals surface area contributed by atoms with Crippen LogP contribution in [0.2, 0.25) is 0 Å². The minimum atomic E-state index is 0.901. The maximum atomic E-state index is 6.48. The number of benzene rings is 9. The number of para-hydroxylation sites is 1. The normalized spacial score (nSPS) is 11.5. The first-order valence-corrected chi connectivity index (χ1v) is 17.5. The zero-order valence-electron chi connectivity index (χ0n) is 27.9. The Morgan fingerprint density at radius 2 is 0.706 bits per heavy atom. The van der Waals surface area contributed by atoms with Crippen LogP contribution in [0.25, 0.3) is 99.1 Å². The van der Waals surface area contributed by atoms with Crippen LogP contribution < -0.4 is 0 Å². The zero-order valence-corrected chi connectivity index (χ0v) is 27.9. The van der Waals surface area contributed by atoms with Gasteiger partial charge in [-0.25, -0.2) is 0 Å². The smallest absolute Gasteiger partial charge is 0.143 e. The lowest BCUT2D eigenvalue weighted by molar-refractivity contribution is 0.670. The molecule has 0 spiro atoms. The van der Waals surface area contributed by atoms with E-state index in [1.165, 1.54) is 66.1 Å². The quantitative estimate of drug-likeness (QED) is 0.169. The molecule has 9 aromatic carbocycles. The molecule has 0 radical (unpaired) electrons. The van der Waals surface area contributed by atoms with Crippen LogP contribution in [0.5, 0.6) is 0 Å². The maximum absolute atomic E-state index is 6.48. The lowest BCUT2D eigenvalue weighted by atomic mass is 9.85. The Morgan fingerprint density at radius 3 is 1.35 bits per heavy atom. The SMILES string of the molecule is c1ccc(-c2c3ccccc3c(-c3ccccc3)c3cc(-c4cccc(-c5ccc6oc7c(-c8ccccc8)cccc7c6c5)c4)ccc23)cc1. The summed E-state index contributed by atoms with van der Waals surface area (Å²) in [7, 11) is 0. The van der Waals surface area contributed by atoms with Crippen molar-refractivity contribution in [1.82, 2.24) is 0 Å². The molecular weight excluding hydrogens is 617 g/mol. The van der Waals surface area contributed by atoms with Crippen molar-refractivity contribution in [3.05, 3.63) is 194 Å². The summed E-state index contributed by atoms with van der Waals surface area (Å²) in [5.74, 6) is 0. The van der Waals surface area contributed by atoms with E-state index in [0.29, 0.717) is 0 Å². The summed E-state index contributed by atoms with van der Waals surface area (Å²) in [6, 6.07) is 69.9. The van der Waals surface area contributed by atoms with Crippen molar-refractivity contribution in [3.8, 4) is 55.6 Å². The summed E-state index contributed by atoms with van der Waals surface area (Å²) in [6.45, 7) is 0. The van der Waals surface area contributed by atoms with Crippen molar-refractivity contribution >= 4 is 43.5 Å². The molecule has 10 rings (SSSR count). The van der Waals surface area contributed by atoms with Crippen molar-refractivity contribution in [2.24, 2.45) is 0 Å². The van der Waals surface area contributed by atoms with Crippen LogP contribution in [0.1, 0.15) is 0 Å². The van der Waals surface area contributed by atoms with Gasteiger partial charge < -0.3 is 4.42 Å². The number of hydrogen-bond acceptors (Lipinski definition) is 1. The lowest BCUT2D eigenvalue weighted by Crippen LogP contribution is -1.91. The number of hydrogen-bond donors (Lipinski definition) is 0. The Balaban J connectivity index is 1.14. The summed E-state index contributed by atoms with van der Waals surface area (Å²) in [4.78, 5) is 0. The van der Waals surface area contributed by atoms with Gasteiger partial charge in [0.2, 0.25) is 0 Å². The summed E-state index contributed by atoms with van der Waals surface area (Å²) in [5.41, 5.74) is 13.8. The van der Waals surface area contributed by atoms with Gasteiger partial charge in [-0.15, -0.1) is 0 Å². The minimum Gasteiger partial charge on any atom is -0.455 e. The van der Waals surface area contributed by atoms with E-state index < -0.39 is 0 Å². The van der Waals surface area contributed by atoms with Crippen molar-refractivity contribution in [1.29, 1.82) is 0 Å². The van der Waals surface area contributed by atoms with Crippen molar-refractivity contribution in [2.45, 2.75) is 0 Å². The minimum absolute atomic E-state index is 0.901. The Hall–Kier alpha value is -6.70. The summed E-state index contributed by atoms with van der Waals surface area (Å²) >= 11 is 0. The van der Waals surface area contributed by atoms with E-state index in [0.717, 1.165) is 33.1 Å². The molecule has 0 aliphatic carbocycles. The van der Waals surface area contributed by atoms with Crippen molar-refractivity contribution in [2.75, 3.05) is 0 Å². The Kier molecular flexibility index (Phi) is 6.89. The largest absolute Gasteiger partial charge is 0.455 e. The third-order valence-electron chi connectivity index (χ3n) is 10.3. The summed E-state index contributed by atoms with van der Waals surface area (Å²) < 4.78 is 6.48. The van der Waals surface area contributed by atoms with Gasteiger partial charge in [-0.05, 0) is 95.9 Å². The first kappa shape index (κ1) is 29.2. The van der Waals surface area contributed by atoms with Gasteiger partial charge in [-0.2, -0.15) is 0 Å². The van der Waals surface area contributed by atoms with Gasteiger partial charge in [0.15, 0.2) is 0 Å². The first-order chi connectivity index (χ1) is 25.3. The van der Waals surface area contributed by atoms with Gasteiger partial charge in [0.1, 0.15) is 11.2 Å². The molecule has 0 saturated heterocycles. The lowest BCUT2D eigenvalue weighted by Gasteiger charge is -2.19. The van der Waals surface area contributed by atoms with Gasteiger partial charge in [-0.1, -0.05) is 170 Å². The van der Waals surface area contributed by atoms with E-state index >= 15 is 0 Å². The van der Waals surface area contributed by atoms with Gasteiger partial charge in [0, 0.05) is 16.3 Å². The maximum Gasteiger partial charge on any atom is 0.143 e. The average molecular weight is 649 g/mol. The molecule has 0 aliphatic rings. The molecule has 1 nitrogen and oxygen atoms in total. The van der Waals surface area contributed by atoms with E-state index in [-0.39, 0.29) is 0 Å². The molecule has 51 heavy (non-hydrogen) atoms. The van der Waals surface area contributed by atoms with Gasteiger partial charge in [0.25, 0.3) is 0 Å². The second kappa shape index (κ2) is 12.0. The predicted molar refractivity (Wildman–Crippen MR) is 216 cm³/mol. The highest BCUT2D eigenvalue weighted by Crippen LogP contribution is 2.45. The molecule has 0 fully saturated rings. The molecule has 0 bridgehead atoms. The van der Waals surface area contributed by atoms with Crippen LogP contribution in [0, 0.1) is 0 Å². The molecule has 1 aromatic heterocycles. The number of rotatable bonds is 5. The van der Waals surface area contributed by atoms with E-state index in [1.54, 1.807) is 0 Å². The number of fused-ring (bicyclic) bond motifs is 5. The second-order valence-corrected chi connectivity index (χ2v) is 13.2. The fourth-order valence-electron chi connectivity index (χ4n) is 7.89. The van der Waals surface area contributed by atoms with E-state index in [1.807, 2.05) is 6.07 Å². The van der Waals surface area contributed by atoms with Gasteiger partial charge in [0.05, 0.1) is 0 Å². The van der Waals surface area contributed by atoms with Gasteiger partial charge in [-0.3, -0.25) is 0 Å². The van der Waals surface area contributed by atoms with E-state index in [9.17, 15) is 0 Å². The second-order valence-electron chi connectivity index (χ2n) is 13.2. The molecule has 0 amide bonds. The average Bonchev–Trinajstić information content (AvgIpc) is 3.59. The highest BCUT2D eigenvalue weighted by atomic mass is 16.3. The molecule has 1 heterocycles. The Bertz CT molecular complexity index is 2880. The molecule has 10 aromatic rings. The highest BCUT2D eigenvalue weighted by Gasteiger charge is 2.18. The monoisotopic (exact) mass is 648 g/mol. The third kappa shape index (κ3) is 4.94. The fourth-order valence-corrected chi connectivity index (χ4v) is 7.89. The third-order valence-corrected chi connectivity index (χ3v) is 10.3. The predicted octanol–water partition coefficient (Wildman–Crippen LogP) is 14.2. The van der Waals surface area contributed by atoms with Crippen molar-refractivity contribution < 1.29 is 4.42 Å². The van der Waals surface area contributed by atoms with Gasteiger partial charge >= 0.3 is 0 Å². The fraction of sp³-hybridized carbons (Fsp3) is 0. The number of furan rings is 1. The standard InChI is InChI=1S/C50H32O/c1-4-14-33(15-5-1)40-24-13-25-44-45-31-39(27-29-47(45)51-50(40)44)37-21-12-20-36(30-37)38-26-28-43-46(32-38)49(35-18-8-3-9-19-35)42-23-11-10-22-41(42)48(43)34-16-6-2-7-17-34/h1-32H. The Labute approximate surface area is 296 Å². The van der Waals surface area contributed by atoms with Crippen LogP contribution >= 0.6 is 0 Å². The zero-order chi connectivity index (χ0) is 33.7. The molecule has 0 aliphatic heterocycles. The molecular formula is C50H32O.